The van der Waals surface area contributed by atoms with Crippen LogP contribution in [0.5, 0.6) is 0 Å². The fourth-order valence-corrected chi connectivity index (χ4v) is 2.75. The van der Waals surface area contributed by atoms with Crippen LogP contribution in [0, 0.1) is 11.3 Å². The van der Waals surface area contributed by atoms with E-state index in [2.05, 4.69) is 11.0 Å². The van der Waals surface area contributed by atoms with Crippen molar-refractivity contribution in [1.29, 1.82) is 5.26 Å². The van der Waals surface area contributed by atoms with Crippen LogP contribution in [0.15, 0.2) is 24.3 Å². The molecule has 1 aromatic carbocycles. The van der Waals surface area contributed by atoms with Gasteiger partial charge in [-0.25, -0.2) is 0 Å². The number of rotatable bonds is 4. The molecule has 1 aliphatic rings. The van der Waals surface area contributed by atoms with Gasteiger partial charge in [0.2, 0.25) is 0 Å². The van der Waals surface area contributed by atoms with Crippen LogP contribution >= 0.6 is 0 Å². The zero-order valence-electron chi connectivity index (χ0n) is 12.9. The van der Waals surface area contributed by atoms with Crippen LogP contribution in [0.1, 0.15) is 18.1 Å². The molecule has 0 saturated carbocycles. The van der Waals surface area contributed by atoms with Crippen molar-refractivity contribution < 1.29 is 18.3 Å². The van der Waals surface area contributed by atoms with Gasteiger partial charge in [0.25, 0.3) is 0 Å². The highest BCUT2D eigenvalue weighted by molar-refractivity contribution is 5.31. The molecular weight excluding hydrogens is 307 g/mol. The minimum absolute atomic E-state index is 0.0564. The van der Waals surface area contributed by atoms with E-state index >= 15 is 0 Å². The number of halogens is 3. The largest absolute Gasteiger partial charge is 0.415 e. The predicted octanol–water partition coefficient (Wildman–Crippen LogP) is 1.99. The molecule has 0 bridgehead atoms. The molecule has 0 unspecified atom stereocenters. The SMILES string of the molecule is C[C@H]1CN(Cc2ccc(C#N)cc2)CCN1C[C@H](O)C(F)(F)F. The minimum atomic E-state index is -4.57. The van der Waals surface area contributed by atoms with Crippen LogP contribution in [-0.2, 0) is 6.54 Å². The molecular formula is C16H20F3N3O. The minimum Gasteiger partial charge on any atom is -0.382 e. The lowest BCUT2D eigenvalue weighted by atomic mass is 10.1. The molecule has 0 radical (unpaired) electrons. The zero-order chi connectivity index (χ0) is 17.0. The lowest BCUT2D eigenvalue weighted by molar-refractivity contribution is -0.210. The van der Waals surface area contributed by atoms with Gasteiger partial charge in [-0.2, -0.15) is 18.4 Å². The molecule has 1 aromatic rings. The maximum Gasteiger partial charge on any atom is 0.415 e. The van der Waals surface area contributed by atoms with E-state index in [1.165, 1.54) is 0 Å². The fourth-order valence-electron chi connectivity index (χ4n) is 2.75. The molecule has 0 aromatic heterocycles. The topological polar surface area (TPSA) is 50.5 Å². The van der Waals surface area contributed by atoms with Gasteiger partial charge in [-0.1, -0.05) is 12.1 Å². The van der Waals surface area contributed by atoms with Gasteiger partial charge >= 0.3 is 6.18 Å². The number of piperazine rings is 1. The summed E-state index contributed by atoms with van der Waals surface area (Å²) in [6.07, 6.45) is -6.87. The Kier molecular flexibility index (Phi) is 5.63. The van der Waals surface area contributed by atoms with E-state index in [-0.39, 0.29) is 12.6 Å². The summed E-state index contributed by atoms with van der Waals surface area (Å²) < 4.78 is 37.3. The van der Waals surface area contributed by atoms with E-state index in [4.69, 9.17) is 5.26 Å². The van der Waals surface area contributed by atoms with E-state index in [1.807, 2.05) is 19.1 Å². The summed E-state index contributed by atoms with van der Waals surface area (Å²) in [5.74, 6) is 0. The first kappa shape index (κ1) is 17.7. The summed E-state index contributed by atoms with van der Waals surface area (Å²) in [7, 11) is 0. The number of hydrogen-bond donors (Lipinski definition) is 1. The smallest absolute Gasteiger partial charge is 0.382 e. The third-order valence-corrected chi connectivity index (χ3v) is 4.12. The maximum absolute atomic E-state index is 12.4. The Morgan fingerprint density at radius 2 is 1.96 bits per heavy atom. The normalized spacial score (nSPS) is 21.8. The third-order valence-electron chi connectivity index (χ3n) is 4.12. The van der Waals surface area contributed by atoms with E-state index in [0.717, 1.165) is 5.56 Å². The first-order valence-electron chi connectivity index (χ1n) is 7.50. The Morgan fingerprint density at radius 3 is 2.48 bits per heavy atom. The number of nitrogens with zero attached hydrogens (tertiary/aromatic N) is 3. The van der Waals surface area contributed by atoms with E-state index in [0.29, 0.717) is 31.7 Å². The summed E-state index contributed by atoms with van der Waals surface area (Å²) in [6.45, 7) is 3.97. The summed E-state index contributed by atoms with van der Waals surface area (Å²) in [5, 5.41) is 18.0. The molecule has 1 saturated heterocycles. The van der Waals surface area contributed by atoms with Crippen LogP contribution in [-0.4, -0.2) is 59.4 Å². The lowest BCUT2D eigenvalue weighted by Crippen LogP contribution is -2.54. The van der Waals surface area contributed by atoms with Crippen LogP contribution in [0.3, 0.4) is 0 Å². The number of aliphatic hydroxyl groups is 1. The summed E-state index contributed by atoms with van der Waals surface area (Å²) in [6, 6.07) is 9.31. The molecule has 4 nitrogen and oxygen atoms in total. The molecule has 126 valence electrons. The van der Waals surface area contributed by atoms with Crippen LogP contribution < -0.4 is 0 Å². The molecule has 2 atom stereocenters. The van der Waals surface area contributed by atoms with Crippen LogP contribution in [0.2, 0.25) is 0 Å². The van der Waals surface area contributed by atoms with Gasteiger partial charge in [-0.05, 0) is 24.6 Å². The third kappa shape index (κ3) is 4.93. The second-order valence-electron chi connectivity index (χ2n) is 5.95. The van der Waals surface area contributed by atoms with Gasteiger partial charge < -0.3 is 5.11 Å². The Bertz CT molecular complexity index is 553. The number of β-amino-alcohol motifs (C(OH)–C–C–N with tert-alkyl or cyclic N) is 1. The second-order valence-corrected chi connectivity index (χ2v) is 5.95. The first-order valence-corrected chi connectivity index (χ1v) is 7.50. The summed E-state index contributed by atoms with van der Waals surface area (Å²) in [5.41, 5.74) is 1.67. The Morgan fingerprint density at radius 1 is 1.30 bits per heavy atom. The summed E-state index contributed by atoms with van der Waals surface area (Å²) >= 11 is 0. The van der Waals surface area contributed by atoms with Gasteiger partial charge in [-0.15, -0.1) is 0 Å². The highest BCUT2D eigenvalue weighted by Crippen LogP contribution is 2.22. The van der Waals surface area contributed by atoms with Gasteiger partial charge in [0, 0.05) is 38.8 Å². The van der Waals surface area contributed by atoms with Crippen molar-refractivity contribution in [2.24, 2.45) is 0 Å². The van der Waals surface area contributed by atoms with E-state index in [9.17, 15) is 18.3 Å². The molecule has 7 heteroatoms. The van der Waals surface area contributed by atoms with Crippen molar-refractivity contribution in [2.45, 2.75) is 31.8 Å². The Hall–Kier alpha value is -1.62. The fraction of sp³-hybridized carbons (Fsp3) is 0.562. The number of alkyl halides is 3. The van der Waals surface area contributed by atoms with E-state index < -0.39 is 12.3 Å². The Labute approximate surface area is 133 Å². The van der Waals surface area contributed by atoms with Crippen molar-refractivity contribution >= 4 is 0 Å². The molecule has 2 rings (SSSR count). The van der Waals surface area contributed by atoms with Crippen LogP contribution in [0.25, 0.3) is 0 Å². The molecule has 1 N–H and O–H groups in total. The molecule has 1 aliphatic heterocycles. The predicted molar refractivity (Wildman–Crippen MR) is 79.5 cm³/mol. The standard InChI is InChI=1S/C16H20F3N3O/c1-12-9-21(10-14-4-2-13(8-20)3-5-14)6-7-22(12)11-15(23)16(17,18)19/h2-5,12,15,23H,6-7,9-11H2,1H3/t12-,15-/m0/s1. The van der Waals surface area contributed by atoms with Crippen molar-refractivity contribution in [3.63, 3.8) is 0 Å². The summed E-state index contributed by atoms with van der Waals surface area (Å²) in [4.78, 5) is 3.84. The number of aliphatic hydroxyl groups excluding tert-OH is 1. The van der Waals surface area contributed by atoms with Gasteiger partial charge in [-0.3, -0.25) is 9.80 Å². The lowest BCUT2D eigenvalue weighted by Gasteiger charge is -2.40. The molecule has 0 aliphatic carbocycles. The van der Waals surface area contributed by atoms with Crippen molar-refractivity contribution in [3.05, 3.63) is 35.4 Å². The molecule has 1 heterocycles. The second kappa shape index (κ2) is 7.30. The maximum atomic E-state index is 12.4. The average molecular weight is 327 g/mol. The molecule has 0 spiro atoms. The highest BCUT2D eigenvalue weighted by atomic mass is 19.4. The number of nitriles is 1. The number of hydrogen-bond acceptors (Lipinski definition) is 4. The quantitative estimate of drug-likeness (QED) is 0.919. The van der Waals surface area contributed by atoms with Crippen LogP contribution in [0.4, 0.5) is 13.2 Å². The Balaban J connectivity index is 1.87. The molecule has 0 amide bonds. The van der Waals surface area contributed by atoms with E-state index in [1.54, 1.807) is 17.0 Å². The van der Waals surface area contributed by atoms with Gasteiger partial charge in [0.1, 0.15) is 0 Å². The zero-order valence-corrected chi connectivity index (χ0v) is 12.9. The highest BCUT2D eigenvalue weighted by Gasteiger charge is 2.40. The van der Waals surface area contributed by atoms with Crippen molar-refractivity contribution in [1.82, 2.24) is 9.80 Å². The molecule has 1 fully saturated rings. The van der Waals surface area contributed by atoms with Gasteiger partial charge in [0.05, 0.1) is 11.6 Å². The number of benzene rings is 1. The van der Waals surface area contributed by atoms with Gasteiger partial charge in [0.15, 0.2) is 6.10 Å². The van der Waals surface area contributed by atoms with Crippen molar-refractivity contribution in [3.8, 4) is 6.07 Å². The first-order chi connectivity index (χ1) is 10.8. The monoisotopic (exact) mass is 327 g/mol. The molecule has 23 heavy (non-hydrogen) atoms. The average Bonchev–Trinajstić information content (AvgIpc) is 2.49. The van der Waals surface area contributed by atoms with Crippen molar-refractivity contribution in [2.75, 3.05) is 26.2 Å².